The summed E-state index contributed by atoms with van der Waals surface area (Å²) in [5.74, 6) is -3.38. The van der Waals surface area contributed by atoms with Crippen molar-refractivity contribution in [1.29, 1.82) is 0 Å². The van der Waals surface area contributed by atoms with E-state index in [1.54, 1.807) is 0 Å². The van der Waals surface area contributed by atoms with Gasteiger partial charge in [0.25, 0.3) is 5.92 Å². The Bertz CT molecular complexity index is 422. The number of methoxy groups -OCH3 is 1. The molecule has 0 aromatic carbocycles. The first-order chi connectivity index (χ1) is 9.03. The average Bonchev–Trinajstić information content (AvgIpc) is 2.65. The summed E-state index contributed by atoms with van der Waals surface area (Å²) in [5, 5.41) is 0. The van der Waals surface area contributed by atoms with E-state index in [1.165, 1.54) is 7.11 Å². The Kier molecular flexibility index (Phi) is 4.38. The number of rotatable bonds is 2. The maximum atomic E-state index is 13.5. The van der Waals surface area contributed by atoms with Gasteiger partial charge in [0, 0.05) is 18.4 Å². The van der Waals surface area contributed by atoms with Crippen molar-refractivity contribution < 1.29 is 18.3 Å². The van der Waals surface area contributed by atoms with Crippen molar-refractivity contribution in [2.45, 2.75) is 57.3 Å². The van der Waals surface area contributed by atoms with Gasteiger partial charge in [-0.2, -0.15) is 0 Å². The lowest BCUT2D eigenvalue weighted by molar-refractivity contribution is -0.137. The van der Waals surface area contributed by atoms with Gasteiger partial charge in [-0.3, -0.25) is 0 Å². The molecule has 106 valence electrons. The lowest BCUT2D eigenvalue weighted by Gasteiger charge is -2.27. The fourth-order valence-electron chi connectivity index (χ4n) is 2.87. The number of hydrogen-bond acceptors (Lipinski definition) is 2. The number of esters is 1. The molecular weight excluding hydrogens is 250 g/mol. The highest BCUT2D eigenvalue weighted by Gasteiger charge is 2.38. The molecule has 0 amide bonds. The molecule has 0 aromatic heterocycles. The Balaban J connectivity index is 2.34. The first kappa shape index (κ1) is 14.2. The number of ether oxygens (including phenoxy) is 1. The van der Waals surface area contributed by atoms with Crippen molar-refractivity contribution in [2.24, 2.45) is 0 Å². The Labute approximate surface area is 112 Å². The van der Waals surface area contributed by atoms with E-state index >= 15 is 0 Å². The molecule has 0 spiro atoms. The van der Waals surface area contributed by atoms with E-state index in [9.17, 15) is 13.6 Å². The van der Waals surface area contributed by atoms with E-state index in [0.29, 0.717) is 0 Å². The van der Waals surface area contributed by atoms with Gasteiger partial charge in [-0.1, -0.05) is 12.5 Å². The molecule has 2 aliphatic rings. The van der Waals surface area contributed by atoms with Crippen molar-refractivity contribution in [3.05, 3.63) is 22.8 Å². The van der Waals surface area contributed by atoms with E-state index in [-0.39, 0.29) is 18.4 Å². The van der Waals surface area contributed by atoms with Gasteiger partial charge in [-0.05, 0) is 43.3 Å². The molecule has 0 radical (unpaired) electrons. The molecule has 0 saturated carbocycles. The SMILES string of the molecule is COC(=O)C1=C(C2=CCCCCC2)CCC(F)(F)C1. The molecule has 4 heteroatoms. The van der Waals surface area contributed by atoms with Crippen LogP contribution in [-0.4, -0.2) is 19.0 Å². The third kappa shape index (κ3) is 3.43. The summed E-state index contributed by atoms with van der Waals surface area (Å²) in [7, 11) is 1.25. The van der Waals surface area contributed by atoms with Gasteiger partial charge in [0.05, 0.1) is 7.11 Å². The van der Waals surface area contributed by atoms with Crippen LogP contribution in [-0.2, 0) is 9.53 Å². The summed E-state index contributed by atoms with van der Waals surface area (Å²) >= 11 is 0. The summed E-state index contributed by atoms with van der Waals surface area (Å²) in [6, 6.07) is 0. The maximum Gasteiger partial charge on any atom is 0.334 e. The van der Waals surface area contributed by atoms with Gasteiger partial charge in [-0.15, -0.1) is 0 Å². The largest absolute Gasteiger partial charge is 0.466 e. The fraction of sp³-hybridized carbons (Fsp3) is 0.667. The van der Waals surface area contributed by atoms with Crippen LogP contribution in [0.1, 0.15) is 51.4 Å². The minimum atomic E-state index is -2.78. The maximum absolute atomic E-state index is 13.5. The van der Waals surface area contributed by atoms with Crippen molar-refractivity contribution in [3.8, 4) is 0 Å². The monoisotopic (exact) mass is 270 g/mol. The van der Waals surface area contributed by atoms with Gasteiger partial charge in [0.1, 0.15) is 0 Å². The minimum Gasteiger partial charge on any atom is -0.466 e. The van der Waals surface area contributed by atoms with Gasteiger partial charge in [0.2, 0.25) is 0 Å². The van der Waals surface area contributed by atoms with Crippen molar-refractivity contribution in [1.82, 2.24) is 0 Å². The number of halogens is 2. The zero-order chi connectivity index (χ0) is 13.9. The van der Waals surface area contributed by atoms with Gasteiger partial charge < -0.3 is 4.74 Å². The van der Waals surface area contributed by atoms with Crippen LogP contribution >= 0.6 is 0 Å². The third-order valence-corrected chi connectivity index (χ3v) is 3.90. The van der Waals surface area contributed by atoms with Crippen LogP contribution in [0.5, 0.6) is 0 Å². The van der Waals surface area contributed by atoms with Crippen molar-refractivity contribution in [2.75, 3.05) is 7.11 Å². The molecule has 19 heavy (non-hydrogen) atoms. The van der Waals surface area contributed by atoms with Crippen LogP contribution in [0.4, 0.5) is 8.78 Å². The lowest BCUT2D eigenvalue weighted by Crippen LogP contribution is -2.26. The molecule has 2 rings (SSSR count). The summed E-state index contributed by atoms with van der Waals surface area (Å²) in [5.41, 5.74) is 2.10. The highest BCUT2D eigenvalue weighted by atomic mass is 19.3. The zero-order valence-electron chi connectivity index (χ0n) is 11.3. The molecule has 2 nitrogen and oxygen atoms in total. The number of carbonyl (C=O) groups is 1. The molecule has 0 heterocycles. The Morgan fingerprint density at radius 2 is 2.05 bits per heavy atom. The van der Waals surface area contributed by atoms with E-state index in [2.05, 4.69) is 10.8 Å². The second-order valence-electron chi connectivity index (χ2n) is 5.31. The van der Waals surface area contributed by atoms with Crippen molar-refractivity contribution >= 4 is 5.97 Å². The first-order valence-corrected chi connectivity index (χ1v) is 6.91. The van der Waals surface area contributed by atoms with Crippen LogP contribution in [0.25, 0.3) is 0 Å². The Morgan fingerprint density at radius 1 is 1.26 bits per heavy atom. The van der Waals surface area contributed by atoms with Gasteiger partial charge in [-0.25, -0.2) is 13.6 Å². The average molecular weight is 270 g/mol. The van der Waals surface area contributed by atoms with E-state index in [1.807, 2.05) is 0 Å². The molecule has 0 saturated heterocycles. The highest BCUT2D eigenvalue weighted by molar-refractivity contribution is 5.90. The van der Waals surface area contributed by atoms with Gasteiger partial charge in [0.15, 0.2) is 0 Å². The molecule has 0 aliphatic heterocycles. The standard InChI is InChI=1S/C15H20F2O2/c1-19-14(18)13-10-15(16,17)9-8-12(13)11-6-4-2-3-5-7-11/h6H,2-5,7-10H2,1H3. The molecule has 2 aliphatic carbocycles. The van der Waals surface area contributed by atoms with E-state index in [0.717, 1.165) is 43.3 Å². The third-order valence-electron chi connectivity index (χ3n) is 3.90. The smallest absolute Gasteiger partial charge is 0.334 e. The highest BCUT2D eigenvalue weighted by Crippen LogP contribution is 2.41. The minimum absolute atomic E-state index is 0.167. The second-order valence-corrected chi connectivity index (χ2v) is 5.31. The van der Waals surface area contributed by atoms with Crippen LogP contribution in [0.15, 0.2) is 22.8 Å². The predicted molar refractivity (Wildman–Crippen MR) is 69.0 cm³/mol. The first-order valence-electron chi connectivity index (χ1n) is 6.91. The summed E-state index contributed by atoms with van der Waals surface area (Å²) in [4.78, 5) is 11.8. The van der Waals surface area contributed by atoms with Crippen LogP contribution < -0.4 is 0 Å². The van der Waals surface area contributed by atoms with Crippen LogP contribution in [0, 0.1) is 0 Å². The number of alkyl halides is 2. The summed E-state index contributed by atoms with van der Waals surface area (Å²) < 4.78 is 31.7. The number of carbonyl (C=O) groups excluding carboxylic acids is 1. The van der Waals surface area contributed by atoms with E-state index < -0.39 is 18.3 Å². The normalized spacial score (nSPS) is 23.6. The fourth-order valence-corrected chi connectivity index (χ4v) is 2.87. The molecule has 0 atom stereocenters. The van der Waals surface area contributed by atoms with Crippen molar-refractivity contribution in [3.63, 3.8) is 0 Å². The molecule has 0 aromatic rings. The summed E-state index contributed by atoms with van der Waals surface area (Å²) in [6.07, 6.45) is 6.99. The molecule has 0 unspecified atom stereocenters. The van der Waals surface area contributed by atoms with Gasteiger partial charge >= 0.3 is 5.97 Å². The Morgan fingerprint density at radius 3 is 2.79 bits per heavy atom. The quantitative estimate of drug-likeness (QED) is 0.704. The topological polar surface area (TPSA) is 26.3 Å². The summed E-state index contributed by atoms with van der Waals surface area (Å²) in [6.45, 7) is 0. The number of allylic oxidation sites excluding steroid dienone is 3. The molecule has 0 N–H and O–H groups in total. The van der Waals surface area contributed by atoms with Crippen LogP contribution in [0.2, 0.25) is 0 Å². The predicted octanol–water partition coefficient (Wildman–Crippen LogP) is 4.17. The van der Waals surface area contributed by atoms with Crippen LogP contribution in [0.3, 0.4) is 0 Å². The van der Waals surface area contributed by atoms with E-state index in [4.69, 9.17) is 0 Å². The Hall–Kier alpha value is -1.19. The molecule has 0 bridgehead atoms. The molecule has 0 fully saturated rings. The zero-order valence-corrected chi connectivity index (χ0v) is 11.3. The lowest BCUT2D eigenvalue weighted by atomic mass is 9.83. The second kappa shape index (κ2) is 5.85. The number of hydrogen-bond donors (Lipinski definition) is 0. The molecular formula is C15H20F2O2.